The van der Waals surface area contributed by atoms with Crippen LogP contribution in [0.3, 0.4) is 0 Å². The van der Waals surface area contributed by atoms with Crippen molar-refractivity contribution in [1.29, 1.82) is 0 Å². The number of carbonyl (C=O) groups is 1. The van der Waals surface area contributed by atoms with E-state index in [9.17, 15) is 9.59 Å². The molecule has 0 aliphatic heterocycles. The lowest BCUT2D eigenvalue weighted by molar-refractivity contribution is -0.116. The minimum Gasteiger partial charge on any atom is -0.300 e. The number of Topliss-reactive ketones (excluding diaryl/α,β-unsaturated/α-hetero) is 1. The van der Waals surface area contributed by atoms with Gasteiger partial charge in [-0.05, 0) is 13.0 Å². The van der Waals surface area contributed by atoms with E-state index >= 15 is 0 Å². The van der Waals surface area contributed by atoms with Gasteiger partial charge in [-0.2, -0.15) is 0 Å². The maximum absolute atomic E-state index is 10.1. The Balaban J connectivity index is 3.29. The largest absolute Gasteiger partial charge is 0.300 e. The second-order valence-corrected chi connectivity index (χ2v) is 1.43. The first-order valence-electron chi connectivity index (χ1n) is 2.29. The van der Waals surface area contributed by atoms with Crippen LogP contribution in [0.1, 0.15) is 13.3 Å². The molecule has 43 valence electrons. The standard InChI is InChI=1S/C6H7O2/c1-6(8)4-2-3-5-7/h2-3H,4H2,1H3. The number of rotatable bonds is 3. The zero-order valence-corrected chi connectivity index (χ0v) is 4.68. The molecule has 2 heteroatoms. The van der Waals surface area contributed by atoms with E-state index in [2.05, 4.69) is 0 Å². The molecule has 0 N–H and O–H groups in total. The molecule has 0 heterocycles. The van der Waals surface area contributed by atoms with Gasteiger partial charge in [-0.25, -0.2) is 0 Å². The molecule has 0 amide bonds. The monoisotopic (exact) mass is 111 g/mol. The van der Waals surface area contributed by atoms with Crippen molar-refractivity contribution >= 4 is 12.1 Å². The molecule has 0 aliphatic carbocycles. The summed E-state index contributed by atoms with van der Waals surface area (Å²) in [5, 5.41) is 0. The van der Waals surface area contributed by atoms with Crippen LogP contribution in [0.2, 0.25) is 0 Å². The summed E-state index contributed by atoms with van der Waals surface area (Å²) in [4.78, 5) is 19.6. The summed E-state index contributed by atoms with van der Waals surface area (Å²) in [5.74, 6) is 0.0523. The first kappa shape index (κ1) is 7.08. The van der Waals surface area contributed by atoms with Crippen molar-refractivity contribution < 1.29 is 9.59 Å². The lowest BCUT2D eigenvalue weighted by atomic mass is 10.3. The van der Waals surface area contributed by atoms with Crippen molar-refractivity contribution in [2.24, 2.45) is 0 Å². The summed E-state index contributed by atoms with van der Waals surface area (Å²) in [6, 6.07) is 0. The van der Waals surface area contributed by atoms with Crippen molar-refractivity contribution in [2.45, 2.75) is 13.3 Å². The van der Waals surface area contributed by atoms with Crippen molar-refractivity contribution in [3.63, 3.8) is 0 Å². The van der Waals surface area contributed by atoms with Gasteiger partial charge in [-0.3, -0.25) is 9.59 Å². The molecule has 0 aromatic heterocycles. The third-order valence-electron chi connectivity index (χ3n) is 0.591. The molecular formula is C6H7O2. The summed E-state index contributed by atoms with van der Waals surface area (Å²) in [6.07, 6.45) is 4.55. The summed E-state index contributed by atoms with van der Waals surface area (Å²) in [7, 11) is 0. The quantitative estimate of drug-likeness (QED) is 0.500. The number of hydrogen-bond donors (Lipinski definition) is 0. The predicted molar refractivity (Wildman–Crippen MR) is 30.1 cm³/mol. The molecule has 0 aromatic rings. The highest BCUT2D eigenvalue weighted by Gasteiger charge is 1.83. The van der Waals surface area contributed by atoms with Gasteiger partial charge in [0.05, 0.1) is 0 Å². The summed E-state index contributed by atoms with van der Waals surface area (Å²) < 4.78 is 0. The van der Waals surface area contributed by atoms with E-state index in [0.29, 0.717) is 6.42 Å². The lowest BCUT2D eigenvalue weighted by Crippen LogP contribution is -1.83. The van der Waals surface area contributed by atoms with Gasteiger partial charge in [-0.15, -0.1) is 0 Å². The van der Waals surface area contributed by atoms with Gasteiger partial charge in [0.1, 0.15) is 5.78 Å². The third-order valence-corrected chi connectivity index (χ3v) is 0.591. The molecule has 8 heavy (non-hydrogen) atoms. The Bertz CT molecular complexity index is 114. The Morgan fingerprint density at radius 2 is 2.38 bits per heavy atom. The summed E-state index contributed by atoms with van der Waals surface area (Å²) in [6.45, 7) is 1.47. The summed E-state index contributed by atoms with van der Waals surface area (Å²) in [5.41, 5.74) is 0. The maximum Gasteiger partial charge on any atom is 0.225 e. The predicted octanol–water partition coefficient (Wildman–Crippen LogP) is 0.631. The first-order valence-corrected chi connectivity index (χ1v) is 2.29. The zero-order valence-electron chi connectivity index (χ0n) is 4.68. The number of allylic oxidation sites excluding steroid dienone is 2. The molecule has 1 radical (unpaired) electrons. The normalized spacial score (nSPS) is 9.62. The minimum atomic E-state index is 0.0523. The average molecular weight is 111 g/mol. The number of carbonyl (C=O) groups excluding carboxylic acids is 2. The van der Waals surface area contributed by atoms with Crippen LogP contribution in [0.25, 0.3) is 0 Å². The molecule has 0 rings (SSSR count). The van der Waals surface area contributed by atoms with E-state index in [-0.39, 0.29) is 5.78 Å². The van der Waals surface area contributed by atoms with Crippen LogP contribution in [-0.4, -0.2) is 12.1 Å². The molecule has 0 unspecified atom stereocenters. The lowest BCUT2D eigenvalue weighted by Gasteiger charge is -1.77. The fourth-order valence-electron chi connectivity index (χ4n) is 0.273. The van der Waals surface area contributed by atoms with Gasteiger partial charge >= 0.3 is 0 Å². The highest BCUT2D eigenvalue weighted by Crippen LogP contribution is 1.81. The zero-order chi connectivity index (χ0) is 6.41. The highest BCUT2D eigenvalue weighted by atomic mass is 16.1. The van der Waals surface area contributed by atoms with Crippen molar-refractivity contribution in [3.8, 4) is 0 Å². The smallest absolute Gasteiger partial charge is 0.225 e. The van der Waals surface area contributed by atoms with Gasteiger partial charge < -0.3 is 0 Å². The molecule has 0 bridgehead atoms. The van der Waals surface area contributed by atoms with Gasteiger partial charge in [0.15, 0.2) is 0 Å². The number of ketones is 1. The maximum atomic E-state index is 10.1. The van der Waals surface area contributed by atoms with Gasteiger partial charge in [-0.1, -0.05) is 6.08 Å². The van der Waals surface area contributed by atoms with Crippen LogP contribution in [0.15, 0.2) is 12.2 Å². The molecular weight excluding hydrogens is 104 g/mol. The Kier molecular flexibility index (Phi) is 3.76. The fraction of sp³-hybridized carbons (Fsp3) is 0.333. The van der Waals surface area contributed by atoms with Crippen molar-refractivity contribution in [1.82, 2.24) is 0 Å². The topological polar surface area (TPSA) is 34.1 Å². The second kappa shape index (κ2) is 4.24. The van der Waals surface area contributed by atoms with Crippen LogP contribution < -0.4 is 0 Å². The summed E-state index contributed by atoms with van der Waals surface area (Å²) >= 11 is 0. The van der Waals surface area contributed by atoms with E-state index in [1.165, 1.54) is 19.1 Å². The van der Waals surface area contributed by atoms with Gasteiger partial charge in [0.25, 0.3) is 0 Å². The molecule has 0 aliphatic rings. The Morgan fingerprint density at radius 3 is 2.75 bits per heavy atom. The Morgan fingerprint density at radius 1 is 1.75 bits per heavy atom. The van der Waals surface area contributed by atoms with Crippen LogP contribution in [0.5, 0.6) is 0 Å². The third kappa shape index (κ3) is 5.08. The van der Waals surface area contributed by atoms with Gasteiger partial charge in [0, 0.05) is 6.42 Å². The van der Waals surface area contributed by atoms with E-state index in [1.54, 1.807) is 6.29 Å². The van der Waals surface area contributed by atoms with Crippen LogP contribution in [0, 0.1) is 0 Å². The van der Waals surface area contributed by atoms with Crippen molar-refractivity contribution in [3.05, 3.63) is 12.2 Å². The van der Waals surface area contributed by atoms with E-state index in [1.807, 2.05) is 0 Å². The molecule has 0 atom stereocenters. The van der Waals surface area contributed by atoms with E-state index in [4.69, 9.17) is 0 Å². The molecule has 0 aromatic carbocycles. The van der Waals surface area contributed by atoms with Crippen LogP contribution >= 0.6 is 0 Å². The van der Waals surface area contributed by atoms with Crippen LogP contribution in [0.4, 0.5) is 0 Å². The molecule has 0 saturated heterocycles. The Labute approximate surface area is 48.2 Å². The van der Waals surface area contributed by atoms with Crippen LogP contribution in [-0.2, 0) is 9.59 Å². The minimum absolute atomic E-state index is 0.0523. The first-order chi connectivity index (χ1) is 3.77. The molecule has 0 spiro atoms. The van der Waals surface area contributed by atoms with Gasteiger partial charge in [0.2, 0.25) is 6.29 Å². The van der Waals surface area contributed by atoms with E-state index in [0.717, 1.165) is 0 Å². The average Bonchev–Trinajstić information content (AvgIpc) is 1.66. The highest BCUT2D eigenvalue weighted by molar-refractivity contribution is 5.78. The van der Waals surface area contributed by atoms with Crippen molar-refractivity contribution in [2.75, 3.05) is 0 Å². The molecule has 0 fully saturated rings. The Hall–Kier alpha value is -0.920. The molecule has 2 nitrogen and oxygen atoms in total. The molecule has 0 saturated carbocycles. The SMILES string of the molecule is CC(=O)CC=C[C]=O. The fourth-order valence-corrected chi connectivity index (χ4v) is 0.273. The van der Waals surface area contributed by atoms with E-state index < -0.39 is 0 Å². The second-order valence-electron chi connectivity index (χ2n) is 1.43. The number of hydrogen-bond acceptors (Lipinski definition) is 2.